The van der Waals surface area contributed by atoms with Gasteiger partial charge in [-0.2, -0.15) is 0 Å². The molecule has 0 aromatic heterocycles. The molecule has 1 rings (SSSR count). The van der Waals surface area contributed by atoms with E-state index in [2.05, 4.69) is 0 Å². The first-order valence-electron chi connectivity index (χ1n) is 5.32. The third-order valence-electron chi connectivity index (χ3n) is 1.96. The molecule has 5 nitrogen and oxygen atoms in total. The number of amides is 1. The summed E-state index contributed by atoms with van der Waals surface area (Å²) in [5, 5.41) is 8.82. The second-order valence-electron chi connectivity index (χ2n) is 3.25. The number of nitrogens with zero attached hydrogens (tertiary/aromatic N) is 1. The van der Waals surface area contributed by atoms with E-state index in [1.165, 1.54) is 17.0 Å². The molecule has 0 bridgehead atoms. The average Bonchev–Trinajstić information content (AvgIpc) is 2.33. The molecule has 17 heavy (non-hydrogen) atoms. The fraction of sp³-hybridized carbons (Fsp3) is 0.333. The molecule has 5 heteroatoms. The van der Waals surface area contributed by atoms with Crippen LogP contribution in [0.5, 0.6) is 0 Å². The molecule has 94 valence electrons. The van der Waals surface area contributed by atoms with Gasteiger partial charge < -0.3 is 15.7 Å². The van der Waals surface area contributed by atoms with Crippen LogP contribution in [0.1, 0.15) is 29.8 Å². The molecule has 0 aliphatic rings. The first-order chi connectivity index (χ1) is 8.04. The molecular formula is C12H18N2O3. The zero-order chi connectivity index (χ0) is 13.4. The molecule has 0 unspecified atom stereocenters. The lowest BCUT2D eigenvalue weighted by molar-refractivity contribution is -0.117. The Kier molecular flexibility index (Phi) is 6.40. The molecule has 0 aliphatic heterocycles. The van der Waals surface area contributed by atoms with Gasteiger partial charge in [0, 0.05) is 19.3 Å². The molecule has 0 spiro atoms. The van der Waals surface area contributed by atoms with Crippen molar-refractivity contribution in [2.75, 3.05) is 12.8 Å². The van der Waals surface area contributed by atoms with E-state index in [-0.39, 0.29) is 11.3 Å². The third kappa shape index (κ3) is 4.55. The van der Waals surface area contributed by atoms with Crippen LogP contribution >= 0.6 is 0 Å². The Balaban J connectivity index is 0.00000121. The number of carboxylic acids is 1. The minimum Gasteiger partial charge on any atom is -0.478 e. The van der Waals surface area contributed by atoms with E-state index in [1.54, 1.807) is 13.1 Å². The first-order valence-corrected chi connectivity index (χ1v) is 5.32. The number of nitrogens with two attached hydrogens (primary N) is 1. The highest BCUT2D eigenvalue weighted by Gasteiger charge is 2.08. The van der Waals surface area contributed by atoms with Crippen molar-refractivity contribution in [1.29, 1.82) is 0 Å². The number of anilines is 1. The molecule has 0 saturated carbocycles. The summed E-state index contributed by atoms with van der Waals surface area (Å²) >= 11 is 0. The highest BCUT2D eigenvalue weighted by Crippen LogP contribution is 2.14. The minimum absolute atomic E-state index is 0.0619. The number of nitrogen functional groups attached to an aromatic ring is 1. The fourth-order valence-corrected chi connectivity index (χ4v) is 1.21. The summed E-state index contributed by atoms with van der Waals surface area (Å²) in [5.74, 6) is -1.07. The van der Waals surface area contributed by atoms with Crippen molar-refractivity contribution in [3.63, 3.8) is 0 Å². The zero-order valence-corrected chi connectivity index (χ0v) is 10.3. The Morgan fingerprint density at radius 3 is 2.53 bits per heavy atom. The lowest BCUT2D eigenvalue weighted by atomic mass is 10.1. The van der Waals surface area contributed by atoms with E-state index in [9.17, 15) is 9.59 Å². The summed E-state index contributed by atoms with van der Waals surface area (Å²) in [7, 11) is 1.61. The van der Waals surface area contributed by atoms with Crippen LogP contribution in [-0.4, -0.2) is 29.4 Å². The van der Waals surface area contributed by atoms with Gasteiger partial charge >= 0.3 is 5.97 Å². The molecule has 0 heterocycles. The Morgan fingerprint density at radius 2 is 2.06 bits per heavy atom. The van der Waals surface area contributed by atoms with Crippen molar-refractivity contribution >= 4 is 18.1 Å². The summed E-state index contributed by atoms with van der Waals surface area (Å²) < 4.78 is 0. The van der Waals surface area contributed by atoms with Gasteiger partial charge in [-0.15, -0.1) is 0 Å². The molecule has 1 aromatic carbocycles. The number of hydrogen-bond acceptors (Lipinski definition) is 3. The number of aromatic carboxylic acids is 1. The van der Waals surface area contributed by atoms with Crippen molar-refractivity contribution in [1.82, 2.24) is 4.90 Å². The quantitative estimate of drug-likeness (QED) is 0.616. The van der Waals surface area contributed by atoms with Crippen LogP contribution in [0.25, 0.3) is 0 Å². The van der Waals surface area contributed by atoms with Gasteiger partial charge in [0.2, 0.25) is 6.41 Å². The van der Waals surface area contributed by atoms with Crippen molar-refractivity contribution < 1.29 is 14.7 Å². The largest absolute Gasteiger partial charge is 0.478 e. The van der Waals surface area contributed by atoms with Crippen molar-refractivity contribution in [3.05, 3.63) is 29.3 Å². The standard InChI is InChI=1S/C10H12N2O3.C2H6/c1-12(6-13)5-7-2-3-9(11)8(4-7)10(14)15;1-2/h2-4,6H,5,11H2,1H3,(H,14,15);1-2H3. The lowest BCUT2D eigenvalue weighted by Gasteiger charge is -2.11. The molecule has 0 radical (unpaired) electrons. The molecule has 1 aromatic rings. The third-order valence-corrected chi connectivity index (χ3v) is 1.96. The van der Waals surface area contributed by atoms with Crippen molar-refractivity contribution in [3.8, 4) is 0 Å². The Hall–Kier alpha value is -2.04. The molecule has 1 amide bonds. The number of rotatable bonds is 4. The van der Waals surface area contributed by atoms with Gasteiger partial charge in [-0.25, -0.2) is 4.79 Å². The van der Waals surface area contributed by atoms with E-state index in [1.807, 2.05) is 13.8 Å². The van der Waals surface area contributed by atoms with E-state index < -0.39 is 5.97 Å². The predicted molar refractivity (Wildman–Crippen MR) is 66.7 cm³/mol. The fourth-order valence-electron chi connectivity index (χ4n) is 1.21. The van der Waals surface area contributed by atoms with Gasteiger partial charge in [0.05, 0.1) is 5.56 Å². The molecule has 0 saturated heterocycles. The predicted octanol–water partition coefficient (Wildman–Crippen LogP) is 1.58. The van der Waals surface area contributed by atoms with Crippen LogP contribution in [0, 0.1) is 0 Å². The van der Waals surface area contributed by atoms with Crippen molar-refractivity contribution in [2.45, 2.75) is 20.4 Å². The maximum atomic E-state index is 10.8. The Labute approximate surface area is 101 Å². The number of benzene rings is 1. The van der Waals surface area contributed by atoms with Crippen LogP contribution in [0.15, 0.2) is 18.2 Å². The molecule has 0 aliphatic carbocycles. The summed E-state index contributed by atoms with van der Waals surface area (Å²) in [6.45, 7) is 4.37. The monoisotopic (exact) mass is 238 g/mol. The van der Waals surface area contributed by atoms with Crippen LogP contribution in [0.3, 0.4) is 0 Å². The minimum atomic E-state index is -1.07. The Bertz CT molecular complexity index is 391. The molecule has 0 fully saturated rings. The maximum absolute atomic E-state index is 10.8. The highest BCUT2D eigenvalue weighted by atomic mass is 16.4. The smallest absolute Gasteiger partial charge is 0.337 e. The summed E-state index contributed by atoms with van der Waals surface area (Å²) in [5.41, 5.74) is 6.51. The second-order valence-corrected chi connectivity index (χ2v) is 3.25. The van der Waals surface area contributed by atoms with E-state index in [0.29, 0.717) is 13.0 Å². The number of carboxylic acid groups (broad SMARTS) is 1. The summed E-state index contributed by atoms with van der Waals surface area (Å²) in [6, 6.07) is 4.69. The number of carbonyl (C=O) groups excluding carboxylic acids is 1. The van der Waals surface area contributed by atoms with Crippen molar-refractivity contribution in [2.24, 2.45) is 0 Å². The van der Waals surface area contributed by atoms with E-state index >= 15 is 0 Å². The SMILES string of the molecule is CC.CN(C=O)Cc1ccc(N)c(C(=O)O)c1. The molecule has 3 N–H and O–H groups in total. The van der Waals surface area contributed by atoms with E-state index in [0.717, 1.165) is 5.56 Å². The van der Waals surface area contributed by atoms with Crippen LogP contribution in [0.2, 0.25) is 0 Å². The summed E-state index contributed by atoms with van der Waals surface area (Å²) in [6.07, 6.45) is 0.677. The van der Waals surface area contributed by atoms with Crippen LogP contribution in [-0.2, 0) is 11.3 Å². The van der Waals surface area contributed by atoms with Gasteiger partial charge in [0.15, 0.2) is 0 Å². The van der Waals surface area contributed by atoms with Gasteiger partial charge in [0.1, 0.15) is 0 Å². The normalized spacial score (nSPS) is 8.88. The molecular weight excluding hydrogens is 220 g/mol. The van der Waals surface area contributed by atoms with Crippen LogP contribution in [0.4, 0.5) is 5.69 Å². The number of hydrogen-bond donors (Lipinski definition) is 2. The Morgan fingerprint density at radius 1 is 1.47 bits per heavy atom. The second kappa shape index (κ2) is 7.27. The van der Waals surface area contributed by atoms with Crippen LogP contribution < -0.4 is 5.73 Å². The maximum Gasteiger partial charge on any atom is 0.337 e. The topological polar surface area (TPSA) is 83.6 Å². The van der Waals surface area contributed by atoms with Gasteiger partial charge in [-0.3, -0.25) is 4.79 Å². The summed E-state index contributed by atoms with van der Waals surface area (Å²) in [4.78, 5) is 22.6. The van der Waals surface area contributed by atoms with Gasteiger partial charge in [-0.1, -0.05) is 19.9 Å². The average molecular weight is 238 g/mol. The van der Waals surface area contributed by atoms with E-state index in [4.69, 9.17) is 10.8 Å². The molecule has 0 atom stereocenters. The highest BCUT2D eigenvalue weighted by molar-refractivity contribution is 5.93. The zero-order valence-electron chi connectivity index (χ0n) is 10.3. The first kappa shape index (κ1) is 15.0. The lowest BCUT2D eigenvalue weighted by Crippen LogP contribution is -2.15. The number of carbonyl (C=O) groups is 2. The van der Waals surface area contributed by atoms with Gasteiger partial charge in [-0.05, 0) is 17.7 Å². The van der Waals surface area contributed by atoms with Gasteiger partial charge in [0.25, 0.3) is 0 Å².